The third kappa shape index (κ3) is 21.9. The number of aromatic nitrogens is 6. The zero-order valence-corrected chi connectivity index (χ0v) is 75.5. The van der Waals surface area contributed by atoms with Crippen LogP contribution in [0.4, 0.5) is 65.2 Å². The molecule has 4 saturated heterocycles. The number of nitrogens with one attached hydrogen (secondary N) is 3. The van der Waals surface area contributed by atoms with Crippen molar-refractivity contribution in [3.63, 3.8) is 0 Å². The summed E-state index contributed by atoms with van der Waals surface area (Å²) in [5, 5.41) is 9.18. The number of rotatable bonds is 25. The van der Waals surface area contributed by atoms with Crippen molar-refractivity contribution in [2.75, 3.05) is 70.7 Å². The van der Waals surface area contributed by atoms with E-state index >= 15 is 0 Å². The maximum atomic E-state index is 13.8. The lowest BCUT2D eigenvalue weighted by Crippen LogP contribution is -2.71. The Balaban J connectivity index is 0.000000144. The third-order valence-electron chi connectivity index (χ3n) is 25.9. The number of anilines is 8. The smallest absolute Gasteiger partial charge is 0.325 e. The van der Waals surface area contributed by atoms with Crippen molar-refractivity contribution in [3.05, 3.63) is 277 Å². The number of para-hydroxylation sites is 2. The number of urea groups is 4. The molecule has 694 valence electrons. The van der Waals surface area contributed by atoms with E-state index < -0.39 is 83.8 Å². The molecule has 17 rings (SSSR count). The molecular weight excluding hydrogens is 1700 g/mol. The van der Waals surface area contributed by atoms with E-state index in [-0.39, 0.29) is 66.4 Å². The van der Waals surface area contributed by atoms with Crippen LogP contribution in [0.15, 0.2) is 238 Å². The van der Waals surface area contributed by atoms with Gasteiger partial charge < -0.3 is 64.2 Å². The predicted octanol–water partition coefficient (Wildman–Crippen LogP) is 10.8. The number of hydrogen-bond acceptors (Lipinski definition) is 22. The summed E-state index contributed by atoms with van der Waals surface area (Å²) in [6.07, 6.45) is 22.9. The molecule has 4 aliphatic heterocycles. The Bertz CT molecular complexity index is 5920. The Morgan fingerprint density at radius 2 is 0.687 bits per heavy atom. The molecule has 0 spiro atoms. The van der Waals surface area contributed by atoms with Crippen molar-refractivity contribution in [2.45, 2.75) is 146 Å². The third-order valence-corrected chi connectivity index (χ3v) is 25.9. The van der Waals surface area contributed by atoms with E-state index in [1.54, 1.807) is 156 Å². The molecule has 4 aromatic carbocycles. The number of carbonyl (C=O) groups excluding carboxylic acids is 12. The van der Waals surface area contributed by atoms with E-state index in [9.17, 15) is 57.5 Å². The highest BCUT2D eigenvalue weighted by atomic mass is 16.2. The highest BCUT2D eigenvalue weighted by Crippen LogP contribution is 2.45. The molecule has 16 amide bonds. The number of carbonyl (C=O) groups is 12. The van der Waals surface area contributed by atoms with Crippen LogP contribution < -0.4 is 64.2 Å². The summed E-state index contributed by atoms with van der Waals surface area (Å²) in [6.45, 7) is 3.81. The van der Waals surface area contributed by atoms with E-state index in [1.807, 2.05) is 117 Å². The van der Waals surface area contributed by atoms with Gasteiger partial charge in [0.1, 0.15) is 47.4 Å². The topological polar surface area (TPSA) is 474 Å². The molecule has 0 radical (unpaired) electrons. The number of likely N-dealkylation sites (N-methyl/N-ethyl adjacent to an activating group) is 4. The van der Waals surface area contributed by atoms with Crippen LogP contribution in [0.25, 0.3) is 0 Å². The lowest BCUT2D eigenvalue weighted by atomic mass is 9.80. The number of nitrogens with zero attached hydrogens (tertiary/aromatic N) is 14. The summed E-state index contributed by atoms with van der Waals surface area (Å²) in [6, 6.07) is 51.5. The van der Waals surface area contributed by atoms with E-state index in [0.717, 1.165) is 97.2 Å². The largest absolute Gasteiger partial charge is 0.384 e. The summed E-state index contributed by atoms with van der Waals surface area (Å²) in [7, 11) is 6.56. The van der Waals surface area contributed by atoms with Gasteiger partial charge >= 0.3 is 24.1 Å². The number of hydrogen-bond donors (Lipinski definition) is 8. The van der Waals surface area contributed by atoms with Gasteiger partial charge in [-0.1, -0.05) is 123 Å². The second-order valence-electron chi connectivity index (χ2n) is 34.9. The first-order valence-electron chi connectivity index (χ1n) is 45.0. The molecule has 10 aromatic rings. The number of nitrogen functional groups attached to an aromatic ring is 4. The van der Waals surface area contributed by atoms with Gasteiger partial charge in [0, 0.05) is 106 Å². The fourth-order valence-electron chi connectivity index (χ4n) is 18.3. The number of likely N-dealkylation sites (tertiary alicyclic amines) is 4. The molecule has 7 aliphatic rings. The Morgan fingerprint density at radius 3 is 1.05 bits per heavy atom. The molecule has 6 aromatic heterocycles. The van der Waals surface area contributed by atoms with Gasteiger partial charge in [0.05, 0.1) is 35.8 Å². The molecule has 3 saturated carbocycles. The van der Waals surface area contributed by atoms with Crippen LogP contribution in [-0.4, -0.2) is 179 Å². The standard InChI is InChI=1S/C28H36N6O3.C28H29N5O3.C26H28N6O3.C18H19N5O3/c1-17-14-21(11-13-30-17)33(2)27(36)25-22(15-18-10-12-31-23(29)16-18)26(35)34(25)28(37)32-24(20-8-9-20)19-6-4-3-5-7-19;1-32(21-10-6-3-7-11-21)27(35)25-22(16-18-14-15-30-23(29)17-18)26(34)33(25)28(36)31-24(20-12-13-20)19-8-4-2-5-9-19;1-3-21(18-7-5-4-6-8-18)30-26(35)32-23(25(34)31(2)19-10-12-28-13-11-19)20(24(32)33)15-17-9-14-29-22(27)16-17;1-22(12-5-3-2-4-6-12)17(25)15-13(16(24)23(15)18(20)26)9-11-7-8-21-14(19)10-11/h10-14,16,19-20,22,24-25H,3-9,15H2,1-2H3,(H2,29,31)(H,32,37);2-11,14-15,17,20,22,24-25H,12-13,16H2,1H3,(H2,29,30)(H,31,36);4-14,16,20-21,23H,3,15H2,1-2H3,(H2,27,29)(H,30,35);2-8,10,13,15H,9H2,1H3,(H2,19,21)(H2,20,26)/t2*22-,24+,25+;20-,21-,23+;13-,15+/m1111/s1. The maximum absolute atomic E-state index is 13.8. The predicted molar refractivity (Wildman–Crippen MR) is 505 cm³/mol. The fraction of sp³-hybridized carbons (Fsp3) is 0.340. The molecule has 134 heavy (non-hydrogen) atoms. The number of imide groups is 4. The Morgan fingerprint density at radius 1 is 0.366 bits per heavy atom. The SMILES string of the molecule is CC[C@@H](NC(=O)N1C(=O)[C@H](Cc2ccnc(N)c2)[C@H]1C(=O)N(C)c1ccncc1)c1ccccc1.CN(C(=O)[C@@H]1[C@@H](Cc2ccnc(N)c2)C(=O)N1C(=O)N[C@@H](c1ccccc1)C1CC1)c1ccccc1.CN(C(=O)[C@@H]1[C@@H](Cc2ccnc(N)c2)C(=O)N1C(N)=O)c1ccccc1.Cc1cc(N(C)C(=O)[C@@H]2[C@@H](Cc3ccnc(N)c3)C(=O)N2C(=O)N[C@@H](C2CCCCC2)C2CC2)ccn1. The zero-order valence-electron chi connectivity index (χ0n) is 75.5. The van der Waals surface area contributed by atoms with Gasteiger partial charge in [-0.3, -0.25) is 67.9 Å². The van der Waals surface area contributed by atoms with E-state index in [1.165, 1.54) is 45.1 Å². The molecule has 10 heterocycles. The first-order valence-corrected chi connectivity index (χ1v) is 45.0. The Labute approximate surface area is 776 Å². The van der Waals surface area contributed by atoms with Gasteiger partial charge in [0.15, 0.2) is 0 Å². The second kappa shape index (κ2) is 42.7. The summed E-state index contributed by atoms with van der Waals surface area (Å²) in [5.74, 6) is -3.03. The minimum Gasteiger partial charge on any atom is -0.384 e. The zero-order chi connectivity index (χ0) is 95.1. The lowest BCUT2D eigenvalue weighted by Gasteiger charge is -2.46. The van der Waals surface area contributed by atoms with Crippen LogP contribution in [-0.2, 0) is 64.0 Å². The van der Waals surface area contributed by atoms with Gasteiger partial charge in [-0.15, -0.1) is 0 Å². The van der Waals surface area contributed by atoms with Gasteiger partial charge in [-0.2, -0.15) is 0 Å². The van der Waals surface area contributed by atoms with Crippen molar-refractivity contribution in [2.24, 2.45) is 47.2 Å². The molecular formula is C100H112N22O12. The molecule has 13 N–H and O–H groups in total. The van der Waals surface area contributed by atoms with Crippen LogP contribution in [0, 0.1) is 48.3 Å². The first kappa shape index (κ1) is 94.7. The normalized spacial score (nSPS) is 20.0. The number of amides is 16. The van der Waals surface area contributed by atoms with Crippen LogP contribution in [0.1, 0.15) is 122 Å². The van der Waals surface area contributed by atoms with E-state index in [4.69, 9.17) is 28.7 Å². The summed E-state index contributed by atoms with van der Waals surface area (Å²) >= 11 is 0. The minimum absolute atomic E-state index is 0.0657. The Hall–Kier alpha value is -15.4. The van der Waals surface area contributed by atoms with Gasteiger partial charge in [-0.05, 0) is 226 Å². The van der Waals surface area contributed by atoms with Crippen molar-refractivity contribution in [1.82, 2.24) is 65.5 Å². The quantitative estimate of drug-likeness (QED) is 0.0246. The lowest BCUT2D eigenvalue weighted by molar-refractivity contribution is -0.156. The molecule has 0 unspecified atom stereocenters. The molecule has 7 fully saturated rings. The van der Waals surface area contributed by atoms with Crippen LogP contribution >= 0.6 is 0 Å². The number of aryl methyl sites for hydroxylation is 1. The van der Waals surface area contributed by atoms with Gasteiger partial charge in [0.25, 0.3) is 23.6 Å². The van der Waals surface area contributed by atoms with Crippen LogP contribution in [0.3, 0.4) is 0 Å². The highest BCUT2D eigenvalue weighted by Gasteiger charge is 2.60. The summed E-state index contributed by atoms with van der Waals surface area (Å²) in [4.78, 5) is 192. The van der Waals surface area contributed by atoms with Crippen molar-refractivity contribution < 1.29 is 57.5 Å². The minimum atomic E-state index is -0.955. The average Bonchev–Trinajstić information content (AvgIpc) is 0.872. The van der Waals surface area contributed by atoms with E-state index in [0.29, 0.717) is 83.0 Å². The van der Waals surface area contributed by atoms with E-state index in [2.05, 4.69) is 45.9 Å². The number of nitrogens with two attached hydrogens (primary N) is 5. The molecule has 11 atom stereocenters. The molecule has 34 nitrogen and oxygen atoms in total. The second-order valence-corrected chi connectivity index (χ2v) is 34.9. The average molecular weight is 1810 g/mol. The van der Waals surface area contributed by atoms with Crippen LogP contribution in [0.5, 0.6) is 0 Å². The monoisotopic (exact) mass is 1810 g/mol. The van der Waals surface area contributed by atoms with Gasteiger partial charge in [-0.25, -0.2) is 39.1 Å². The Kier molecular flexibility index (Phi) is 30.2. The number of pyridine rings is 6. The fourth-order valence-corrected chi connectivity index (χ4v) is 18.3. The van der Waals surface area contributed by atoms with Crippen molar-refractivity contribution in [3.8, 4) is 0 Å². The van der Waals surface area contributed by atoms with Crippen molar-refractivity contribution in [1.29, 1.82) is 0 Å². The number of primary amides is 1. The molecule has 34 heteroatoms. The van der Waals surface area contributed by atoms with Gasteiger partial charge in [0.2, 0.25) is 23.6 Å². The molecule has 0 bridgehead atoms. The number of benzene rings is 4. The summed E-state index contributed by atoms with van der Waals surface area (Å²) in [5.41, 5.74) is 36.9. The number of β-lactam (4-membered cyclic amide) rings is 4. The van der Waals surface area contributed by atoms with Crippen LogP contribution in [0.2, 0.25) is 0 Å². The highest BCUT2D eigenvalue weighted by molar-refractivity contribution is 6.16. The van der Waals surface area contributed by atoms with Crippen molar-refractivity contribution >= 4 is 117 Å². The summed E-state index contributed by atoms with van der Waals surface area (Å²) < 4.78 is 0. The first-order chi connectivity index (χ1) is 64.6. The molecule has 3 aliphatic carbocycles. The maximum Gasteiger partial charge on any atom is 0.325 e.